The molecule has 2 aromatic carbocycles. The molecule has 3 aromatic rings. The molecule has 0 aliphatic heterocycles. The van der Waals surface area contributed by atoms with Gasteiger partial charge in [-0.3, -0.25) is 24.3 Å². The molecule has 6 nitrogen and oxygen atoms in total. The molecule has 2 amide bonds. The summed E-state index contributed by atoms with van der Waals surface area (Å²) in [6, 6.07) is 17.0. The summed E-state index contributed by atoms with van der Waals surface area (Å²) in [7, 11) is 0. The van der Waals surface area contributed by atoms with Gasteiger partial charge in [-0.05, 0) is 85.1 Å². The summed E-state index contributed by atoms with van der Waals surface area (Å²) in [6.07, 6.45) is 7.34. The first kappa shape index (κ1) is 21.5. The molecular formula is C25H20ClN3O3. The Morgan fingerprint density at radius 2 is 1.47 bits per heavy atom. The number of benzene rings is 2. The quantitative estimate of drug-likeness (QED) is 0.327. The summed E-state index contributed by atoms with van der Waals surface area (Å²) < 4.78 is 0. The first-order valence-corrected chi connectivity index (χ1v) is 10.4. The number of ketones is 1. The standard InChI is InChI=1S/C25H20ClN3O3/c26-19-4-8-21(9-5-19)29(24(32)25(13-14-25)23(27)31)20-6-2-18(3-7-20)22(30)10-1-17-11-15-28-16-12-17/h1-12,15-16H,13-14H2,(H2,27,31)/b10-1+. The molecule has 1 heterocycles. The molecule has 160 valence electrons. The summed E-state index contributed by atoms with van der Waals surface area (Å²) in [5.41, 5.74) is 6.76. The van der Waals surface area contributed by atoms with Crippen LogP contribution in [0.2, 0.25) is 5.02 Å². The maximum atomic E-state index is 13.3. The van der Waals surface area contributed by atoms with Crippen LogP contribution >= 0.6 is 11.6 Å². The van der Waals surface area contributed by atoms with E-state index in [1.165, 1.54) is 11.0 Å². The Morgan fingerprint density at radius 3 is 2.00 bits per heavy atom. The van der Waals surface area contributed by atoms with Crippen molar-refractivity contribution in [2.24, 2.45) is 11.1 Å². The van der Waals surface area contributed by atoms with E-state index >= 15 is 0 Å². The van der Waals surface area contributed by atoms with Gasteiger partial charge in [0.2, 0.25) is 11.8 Å². The van der Waals surface area contributed by atoms with Crippen LogP contribution in [0, 0.1) is 5.41 Å². The number of rotatable bonds is 7. The number of halogens is 1. The van der Waals surface area contributed by atoms with Crippen LogP contribution in [0.4, 0.5) is 11.4 Å². The van der Waals surface area contributed by atoms with Crippen LogP contribution in [0.1, 0.15) is 28.8 Å². The SMILES string of the molecule is NC(=O)C1(C(=O)N(c2ccc(Cl)cc2)c2ccc(C(=O)/C=C/c3ccncc3)cc2)CC1. The van der Waals surface area contributed by atoms with Crippen LogP contribution < -0.4 is 10.6 Å². The molecule has 0 atom stereocenters. The lowest BCUT2D eigenvalue weighted by molar-refractivity contribution is -0.133. The fourth-order valence-electron chi connectivity index (χ4n) is 3.40. The zero-order valence-electron chi connectivity index (χ0n) is 17.1. The Bertz CT molecular complexity index is 1190. The highest BCUT2D eigenvalue weighted by Gasteiger charge is 2.57. The van der Waals surface area contributed by atoms with Crippen LogP contribution in [0.25, 0.3) is 6.08 Å². The number of anilines is 2. The lowest BCUT2D eigenvalue weighted by Crippen LogP contribution is -2.41. The minimum absolute atomic E-state index is 0.173. The predicted molar refractivity (Wildman–Crippen MR) is 124 cm³/mol. The number of nitrogens with two attached hydrogens (primary N) is 1. The molecule has 1 aliphatic rings. The first-order chi connectivity index (χ1) is 15.4. The van der Waals surface area contributed by atoms with Crippen LogP contribution in [-0.2, 0) is 9.59 Å². The fraction of sp³-hybridized carbons (Fsp3) is 0.120. The second-order valence-electron chi connectivity index (χ2n) is 7.59. The Kier molecular flexibility index (Phi) is 5.88. The van der Waals surface area contributed by atoms with Gasteiger partial charge in [0.05, 0.1) is 0 Å². The van der Waals surface area contributed by atoms with Gasteiger partial charge in [0.25, 0.3) is 0 Å². The third-order valence-electron chi connectivity index (χ3n) is 5.46. The normalized spacial score (nSPS) is 14.2. The second kappa shape index (κ2) is 8.77. The summed E-state index contributed by atoms with van der Waals surface area (Å²) >= 11 is 6.00. The van der Waals surface area contributed by atoms with E-state index in [1.54, 1.807) is 79.1 Å². The minimum Gasteiger partial charge on any atom is -0.369 e. The molecular weight excluding hydrogens is 426 g/mol. The molecule has 32 heavy (non-hydrogen) atoms. The van der Waals surface area contributed by atoms with Crippen molar-refractivity contribution in [2.75, 3.05) is 4.90 Å². The fourth-order valence-corrected chi connectivity index (χ4v) is 3.52. The van der Waals surface area contributed by atoms with E-state index in [2.05, 4.69) is 4.98 Å². The van der Waals surface area contributed by atoms with Crippen molar-refractivity contribution in [3.8, 4) is 0 Å². The zero-order valence-corrected chi connectivity index (χ0v) is 17.8. The van der Waals surface area contributed by atoms with Crippen molar-refractivity contribution in [1.29, 1.82) is 0 Å². The van der Waals surface area contributed by atoms with Crippen LogP contribution in [0.5, 0.6) is 0 Å². The third-order valence-corrected chi connectivity index (χ3v) is 5.71. The molecule has 1 aliphatic carbocycles. The Labute approximate surface area is 190 Å². The van der Waals surface area contributed by atoms with Crippen molar-refractivity contribution >= 4 is 46.6 Å². The number of hydrogen-bond donors (Lipinski definition) is 1. The smallest absolute Gasteiger partial charge is 0.247 e. The van der Waals surface area contributed by atoms with Gasteiger partial charge in [0, 0.05) is 34.4 Å². The van der Waals surface area contributed by atoms with E-state index < -0.39 is 11.3 Å². The molecule has 0 spiro atoms. The van der Waals surface area contributed by atoms with Gasteiger partial charge in [0.1, 0.15) is 5.41 Å². The highest BCUT2D eigenvalue weighted by Crippen LogP contribution is 2.49. The number of carbonyl (C=O) groups is 3. The van der Waals surface area contributed by atoms with Gasteiger partial charge in [-0.1, -0.05) is 17.7 Å². The van der Waals surface area contributed by atoms with E-state index in [4.69, 9.17) is 17.3 Å². The van der Waals surface area contributed by atoms with E-state index in [-0.39, 0.29) is 11.7 Å². The van der Waals surface area contributed by atoms with Gasteiger partial charge in [-0.25, -0.2) is 0 Å². The van der Waals surface area contributed by atoms with E-state index in [0.717, 1.165) is 5.56 Å². The van der Waals surface area contributed by atoms with Crippen LogP contribution in [-0.4, -0.2) is 22.6 Å². The Balaban J connectivity index is 1.62. The molecule has 1 saturated carbocycles. The second-order valence-corrected chi connectivity index (χ2v) is 8.02. The molecule has 2 N–H and O–H groups in total. The number of pyridine rings is 1. The Morgan fingerprint density at radius 1 is 0.906 bits per heavy atom. The average molecular weight is 446 g/mol. The monoisotopic (exact) mass is 445 g/mol. The van der Waals surface area contributed by atoms with Crippen molar-refractivity contribution in [3.05, 3.63) is 95.3 Å². The number of carbonyl (C=O) groups excluding carboxylic acids is 3. The number of amides is 2. The topological polar surface area (TPSA) is 93.4 Å². The predicted octanol–water partition coefficient (Wildman–Crippen LogP) is 4.56. The van der Waals surface area contributed by atoms with Gasteiger partial charge < -0.3 is 5.73 Å². The number of hydrogen-bond acceptors (Lipinski definition) is 4. The average Bonchev–Trinajstić information content (AvgIpc) is 3.62. The van der Waals surface area contributed by atoms with Gasteiger partial charge in [-0.15, -0.1) is 0 Å². The summed E-state index contributed by atoms with van der Waals surface area (Å²) in [5, 5.41) is 0.527. The molecule has 0 radical (unpaired) electrons. The molecule has 7 heteroatoms. The van der Waals surface area contributed by atoms with Crippen molar-refractivity contribution in [2.45, 2.75) is 12.8 Å². The minimum atomic E-state index is -1.19. The van der Waals surface area contributed by atoms with E-state index in [1.807, 2.05) is 0 Å². The molecule has 1 aromatic heterocycles. The molecule has 0 bridgehead atoms. The highest BCUT2D eigenvalue weighted by atomic mass is 35.5. The number of nitrogens with zero attached hydrogens (tertiary/aromatic N) is 2. The summed E-state index contributed by atoms with van der Waals surface area (Å²) in [6.45, 7) is 0. The van der Waals surface area contributed by atoms with Crippen molar-refractivity contribution in [1.82, 2.24) is 4.98 Å². The van der Waals surface area contributed by atoms with E-state index in [0.29, 0.717) is 34.8 Å². The molecule has 4 rings (SSSR count). The Hall–Kier alpha value is -3.77. The van der Waals surface area contributed by atoms with E-state index in [9.17, 15) is 14.4 Å². The first-order valence-electron chi connectivity index (χ1n) is 10.0. The number of primary amides is 1. The maximum Gasteiger partial charge on any atom is 0.247 e. The number of allylic oxidation sites excluding steroid dienone is 1. The van der Waals surface area contributed by atoms with Gasteiger partial charge in [0.15, 0.2) is 5.78 Å². The number of aromatic nitrogens is 1. The third kappa shape index (κ3) is 4.31. The van der Waals surface area contributed by atoms with Gasteiger partial charge >= 0.3 is 0 Å². The van der Waals surface area contributed by atoms with Gasteiger partial charge in [-0.2, -0.15) is 0 Å². The highest BCUT2D eigenvalue weighted by molar-refractivity contribution is 6.30. The molecule has 0 unspecified atom stereocenters. The van der Waals surface area contributed by atoms with Crippen LogP contribution in [0.15, 0.2) is 79.1 Å². The molecule has 0 saturated heterocycles. The van der Waals surface area contributed by atoms with Crippen molar-refractivity contribution < 1.29 is 14.4 Å². The summed E-state index contributed by atoms with van der Waals surface area (Å²) in [4.78, 5) is 43.3. The lowest BCUT2D eigenvalue weighted by Gasteiger charge is -2.26. The maximum absolute atomic E-state index is 13.3. The lowest BCUT2D eigenvalue weighted by atomic mass is 10.0. The molecule has 1 fully saturated rings. The van der Waals surface area contributed by atoms with Crippen molar-refractivity contribution in [3.63, 3.8) is 0 Å². The zero-order chi connectivity index (χ0) is 22.7. The largest absolute Gasteiger partial charge is 0.369 e. The summed E-state index contributed by atoms with van der Waals surface area (Å²) in [5.74, 6) is -1.19. The van der Waals surface area contributed by atoms with Crippen LogP contribution in [0.3, 0.4) is 0 Å².